The number of rotatable bonds is 6. The molecule has 1 heterocycles. The van der Waals surface area contributed by atoms with E-state index in [1.165, 1.54) is 6.26 Å². The summed E-state index contributed by atoms with van der Waals surface area (Å²) in [6.45, 7) is 0.235. The zero-order valence-electron chi connectivity index (χ0n) is 12.2. The van der Waals surface area contributed by atoms with Gasteiger partial charge in [-0.25, -0.2) is 13.2 Å². The van der Waals surface area contributed by atoms with Gasteiger partial charge in [-0.05, 0) is 17.7 Å². The van der Waals surface area contributed by atoms with Gasteiger partial charge in [0.15, 0.2) is 0 Å². The summed E-state index contributed by atoms with van der Waals surface area (Å²) in [5.74, 6) is 0.458. The maximum absolute atomic E-state index is 11.9. The molecule has 1 atom stereocenters. The lowest BCUT2D eigenvalue weighted by Gasteiger charge is -2.18. The highest BCUT2D eigenvalue weighted by atomic mass is 32.2. The number of hydrogen-bond acceptors (Lipinski definition) is 4. The van der Waals surface area contributed by atoms with Crippen molar-refractivity contribution in [1.82, 2.24) is 10.6 Å². The van der Waals surface area contributed by atoms with Gasteiger partial charge in [0.05, 0.1) is 24.6 Å². The van der Waals surface area contributed by atoms with Gasteiger partial charge in [0, 0.05) is 6.26 Å². The molecule has 0 radical (unpaired) electrons. The third-order valence-electron chi connectivity index (χ3n) is 2.98. The largest absolute Gasteiger partial charge is 0.467 e. The number of carbonyl (C=O) groups excluding carboxylic acids is 1. The summed E-state index contributed by atoms with van der Waals surface area (Å²) in [4.78, 5) is 11.9. The SMILES string of the molecule is CS(=O)(=O)C[C@@H](NC(=O)NCc1ccco1)c1ccccc1. The second-order valence-electron chi connectivity index (χ2n) is 4.96. The molecule has 22 heavy (non-hydrogen) atoms. The first-order valence-corrected chi connectivity index (χ1v) is 8.79. The molecule has 0 aliphatic rings. The van der Waals surface area contributed by atoms with Crippen LogP contribution in [0.4, 0.5) is 4.79 Å². The third-order valence-corrected chi connectivity index (χ3v) is 3.92. The molecule has 1 aromatic carbocycles. The molecule has 0 saturated carbocycles. The van der Waals surface area contributed by atoms with Crippen LogP contribution in [-0.4, -0.2) is 26.5 Å². The van der Waals surface area contributed by atoms with Crippen molar-refractivity contribution < 1.29 is 17.6 Å². The number of nitrogens with one attached hydrogen (secondary N) is 2. The van der Waals surface area contributed by atoms with Crippen LogP contribution in [0.5, 0.6) is 0 Å². The van der Waals surface area contributed by atoms with E-state index in [-0.39, 0.29) is 12.3 Å². The van der Waals surface area contributed by atoms with Gasteiger partial charge in [-0.2, -0.15) is 0 Å². The lowest BCUT2D eigenvalue weighted by Crippen LogP contribution is -2.39. The molecule has 0 fully saturated rings. The Morgan fingerprint density at radius 3 is 2.50 bits per heavy atom. The Kier molecular flexibility index (Phi) is 5.21. The minimum atomic E-state index is -3.24. The van der Waals surface area contributed by atoms with E-state index in [1.54, 1.807) is 36.4 Å². The van der Waals surface area contributed by atoms with Gasteiger partial charge in [-0.3, -0.25) is 0 Å². The van der Waals surface area contributed by atoms with Gasteiger partial charge in [-0.1, -0.05) is 30.3 Å². The average molecular weight is 322 g/mol. The molecule has 2 N–H and O–H groups in total. The number of benzene rings is 1. The molecule has 0 spiro atoms. The Labute approximate surface area is 129 Å². The van der Waals surface area contributed by atoms with Crippen molar-refractivity contribution in [2.75, 3.05) is 12.0 Å². The quantitative estimate of drug-likeness (QED) is 0.849. The summed E-state index contributed by atoms with van der Waals surface area (Å²) in [7, 11) is -3.24. The zero-order valence-corrected chi connectivity index (χ0v) is 13.0. The van der Waals surface area contributed by atoms with Gasteiger partial charge >= 0.3 is 6.03 Å². The van der Waals surface area contributed by atoms with Crippen molar-refractivity contribution >= 4 is 15.9 Å². The van der Waals surface area contributed by atoms with Gasteiger partial charge < -0.3 is 15.1 Å². The fourth-order valence-electron chi connectivity index (χ4n) is 2.00. The Morgan fingerprint density at radius 2 is 1.91 bits per heavy atom. The molecule has 7 heteroatoms. The van der Waals surface area contributed by atoms with Crippen LogP contribution < -0.4 is 10.6 Å². The van der Waals surface area contributed by atoms with Gasteiger partial charge in [0.1, 0.15) is 15.6 Å². The fraction of sp³-hybridized carbons (Fsp3) is 0.267. The van der Waals surface area contributed by atoms with Crippen LogP contribution in [0, 0.1) is 0 Å². The van der Waals surface area contributed by atoms with E-state index in [2.05, 4.69) is 10.6 Å². The van der Waals surface area contributed by atoms with Crippen molar-refractivity contribution in [2.24, 2.45) is 0 Å². The second kappa shape index (κ2) is 7.13. The highest BCUT2D eigenvalue weighted by molar-refractivity contribution is 7.90. The standard InChI is InChI=1S/C15H18N2O4S/c1-22(19,20)11-14(12-6-3-2-4-7-12)17-15(18)16-10-13-8-5-9-21-13/h2-9,14H,10-11H2,1H3,(H2,16,17,18)/t14-/m1/s1. The molecule has 118 valence electrons. The summed E-state index contributed by atoms with van der Waals surface area (Å²) >= 11 is 0. The highest BCUT2D eigenvalue weighted by Gasteiger charge is 2.19. The zero-order chi connectivity index (χ0) is 16.0. The van der Waals surface area contributed by atoms with Crippen molar-refractivity contribution in [3.63, 3.8) is 0 Å². The summed E-state index contributed by atoms with van der Waals surface area (Å²) in [6.07, 6.45) is 2.66. The van der Waals surface area contributed by atoms with Crippen LogP contribution in [0.2, 0.25) is 0 Å². The third kappa shape index (κ3) is 5.25. The van der Waals surface area contributed by atoms with Gasteiger partial charge in [0.2, 0.25) is 0 Å². The molecule has 0 aliphatic heterocycles. The average Bonchev–Trinajstić information content (AvgIpc) is 2.97. The molecular formula is C15H18N2O4S. The van der Waals surface area contributed by atoms with Crippen LogP contribution in [0.25, 0.3) is 0 Å². The number of carbonyl (C=O) groups is 1. The van der Waals surface area contributed by atoms with E-state index in [0.29, 0.717) is 5.76 Å². The molecule has 2 amide bonds. The molecular weight excluding hydrogens is 304 g/mol. The number of sulfone groups is 1. The second-order valence-corrected chi connectivity index (χ2v) is 7.15. The van der Waals surface area contributed by atoms with Gasteiger partial charge in [-0.15, -0.1) is 0 Å². The minimum absolute atomic E-state index is 0.162. The van der Waals surface area contributed by atoms with Crippen LogP contribution >= 0.6 is 0 Å². The summed E-state index contributed by atoms with van der Waals surface area (Å²) < 4.78 is 28.2. The lowest BCUT2D eigenvalue weighted by molar-refractivity contribution is 0.236. The van der Waals surface area contributed by atoms with Crippen LogP contribution in [0.3, 0.4) is 0 Å². The van der Waals surface area contributed by atoms with E-state index in [9.17, 15) is 13.2 Å². The van der Waals surface area contributed by atoms with Crippen LogP contribution in [0.15, 0.2) is 53.1 Å². The molecule has 2 aromatic rings. The first-order chi connectivity index (χ1) is 10.4. The topological polar surface area (TPSA) is 88.4 Å². The molecule has 0 unspecified atom stereocenters. The van der Waals surface area contributed by atoms with Crippen LogP contribution in [-0.2, 0) is 16.4 Å². The van der Waals surface area contributed by atoms with E-state index in [4.69, 9.17) is 4.42 Å². The smallest absolute Gasteiger partial charge is 0.315 e. The van der Waals surface area contributed by atoms with E-state index < -0.39 is 21.9 Å². The predicted molar refractivity (Wildman–Crippen MR) is 83.0 cm³/mol. The Hall–Kier alpha value is -2.28. The summed E-state index contributed by atoms with van der Waals surface area (Å²) in [6, 6.07) is 11.4. The first-order valence-electron chi connectivity index (χ1n) is 6.73. The normalized spacial score (nSPS) is 12.6. The molecule has 6 nitrogen and oxygen atoms in total. The Balaban J connectivity index is 2.01. The maximum atomic E-state index is 11.9. The lowest BCUT2D eigenvalue weighted by atomic mass is 10.1. The Bertz CT molecular complexity index is 696. The summed E-state index contributed by atoms with van der Waals surface area (Å²) in [5.41, 5.74) is 0.737. The molecule has 2 rings (SSSR count). The maximum Gasteiger partial charge on any atom is 0.315 e. The number of furan rings is 1. The van der Waals surface area contributed by atoms with Crippen LogP contribution in [0.1, 0.15) is 17.4 Å². The highest BCUT2D eigenvalue weighted by Crippen LogP contribution is 2.14. The van der Waals surface area contributed by atoms with Crippen molar-refractivity contribution in [1.29, 1.82) is 0 Å². The van der Waals surface area contributed by atoms with Gasteiger partial charge in [0.25, 0.3) is 0 Å². The molecule has 1 aromatic heterocycles. The number of hydrogen-bond donors (Lipinski definition) is 2. The molecule has 0 bridgehead atoms. The van der Waals surface area contributed by atoms with E-state index in [0.717, 1.165) is 11.8 Å². The predicted octanol–water partition coefficient (Wildman–Crippen LogP) is 1.86. The first kappa shape index (κ1) is 16.1. The molecule has 0 saturated heterocycles. The van der Waals surface area contributed by atoms with E-state index >= 15 is 0 Å². The Morgan fingerprint density at radius 1 is 1.18 bits per heavy atom. The fourth-order valence-corrected chi connectivity index (χ4v) is 2.88. The number of urea groups is 1. The summed E-state index contributed by atoms with van der Waals surface area (Å²) in [5, 5.41) is 5.31. The van der Waals surface area contributed by atoms with Crippen molar-refractivity contribution in [3.8, 4) is 0 Å². The van der Waals surface area contributed by atoms with E-state index in [1.807, 2.05) is 6.07 Å². The molecule has 0 aliphatic carbocycles. The van der Waals surface area contributed by atoms with Crippen molar-refractivity contribution in [2.45, 2.75) is 12.6 Å². The monoisotopic (exact) mass is 322 g/mol. The van der Waals surface area contributed by atoms with Crippen molar-refractivity contribution in [3.05, 3.63) is 60.1 Å². The minimum Gasteiger partial charge on any atom is -0.467 e. The number of amides is 2.